The average Bonchev–Trinajstić information content (AvgIpc) is 2.79. The number of aryl methyl sites for hydroxylation is 2. The highest BCUT2D eigenvalue weighted by Crippen LogP contribution is 2.47. The summed E-state index contributed by atoms with van der Waals surface area (Å²) in [6.45, 7) is 3.87. The maximum atomic E-state index is 12.6. The van der Waals surface area contributed by atoms with Crippen molar-refractivity contribution in [2.24, 2.45) is 0 Å². The zero-order valence-electron chi connectivity index (χ0n) is 14.6. The summed E-state index contributed by atoms with van der Waals surface area (Å²) in [7, 11) is 3.25. The number of hydrogen-bond donors (Lipinski definition) is 1. The Morgan fingerprint density at radius 2 is 1.88 bits per heavy atom. The summed E-state index contributed by atoms with van der Waals surface area (Å²) >= 11 is 0. The quantitative estimate of drug-likeness (QED) is 0.859. The van der Waals surface area contributed by atoms with Crippen LogP contribution in [0, 0.1) is 13.8 Å². The molecule has 0 saturated heterocycles. The normalized spacial score (nSPS) is 26.8. The molecule has 1 N–H and O–H groups in total. The van der Waals surface area contributed by atoms with E-state index in [0.29, 0.717) is 24.2 Å². The van der Waals surface area contributed by atoms with Crippen molar-refractivity contribution in [3.8, 4) is 5.75 Å². The number of benzene rings is 1. The lowest BCUT2D eigenvalue weighted by molar-refractivity contribution is -0.151. The van der Waals surface area contributed by atoms with Crippen molar-refractivity contribution in [2.75, 3.05) is 14.2 Å². The molecular formula is C19H24O5. The number of rotatable bonds is 3. The SMILES string of the molecule is COc1cc(C)cc(C)c1C1=C(O)C2(CCC(OC)CC2)OC1=O. The Labute approximate surface area is 142 Å². The van der Waals surface area contributed by atoms with E-state index in [1.54, 1.807) is 14.2 Å². The van der Waals surface area contributed by atoms with E-state index in [-0.39, 0.29) is 17.4 Å². The Balaban J connectivity index is 2.07. The molecule has 0 radical (unpaired) electrons. The van der Waals surface area contributed by atoms with Gasteiger partial charge in [0, 0.05) is 12.7 Å². The second-order valence-electron chi connectivity index (χ2n) is 6.70. The van der Waals surface area contributed by atoms with E-state index in [9.17, 15) is 9.90 Å². The van der Waals surface area contributed by atoms with Crippen LogP contribution in [0.15, 0.2) is 17.9 Å². The van der Waals surface area contributed by atoms with Gasteiger partial charge in [-0.15, -0.1) is 0 Å². The van der Waals surface area contributed by atoms with E-state index in [2.05, 4.69) is 0 Å². The van der Waals surface area contributed by atoms with Crippen molar-refractivity contribution in [1.29, 1.82) is 0 Å². The van der Waals surface area contributed by atoms with Crippen molar-refractivity contribution in [3.63, 3.8) is 0 Å². The molecule has 1 aromatic rings. The van der Waals surface area contributed by atoms with Gasteiger partial charge in [0.05, 0.1) is 13.2 Å². The zero-order valence-corrected chi connectivity index (χ0v) is 14.6. The molecule has 1 aromatic carbocycles. The lowest BCUT2D eigenvalue weighted by Crippen LogP contribution is -2.38. The predicted octanol–water partition coefficient (Wildman–Crippen LogP) is 3.47. The van der Waals surface area contributed by atoms with Crippen LogP contribution in [-0.4, -0.2) is 37.0 Å². The molecule has 24 heavy (non-hydrogen) atoms. The minimum atomic E-state index is -0.913. The molecular weight excluding hydrogens is 308 g/mol. The molecule has 1 aliphatic carbocycles. The number of aliphatic hydroxyl groups excluding tert-OH is 1. The first-order chi connectivity index (χ1) is 11.4. The van der Waals surface area contributed by atoms with Crippen LogP contribution in [0.2, 0.25) is 0 Å². The largest absolute Gasteiger partial charge is 0.507 e. The van der Waals surface area contributed by atoms with Crippen LogP contribution >= 0.6 is 0 Å². The molecule has 130 valence electrons. The van der Waals surface area contributed by atoms with Gasteiger partial charge in [0.1, 0.15) is 11.3 Å². The summed E-state index contributed by atoms with van der Waals surface area (Å²) in [5.41, 5.74) is 1.86. The minimum absolute atomic E-state index is 0.0345. The smallest absolute Gasteiger partial charge is 0.343 e. The van der Waals surface area contributed by atoms with Crippen molar-refractivity contribution < 1.29 is 24.1 Å². The van der Waals surface area contributed by atoms with Crippen LogP contribution in [0.4, 0.5) is 0 Å². The average molecular weight is 332 g/mol. The first kappa shape index (κ1) is 16.8. The van der Waals surface area contributed by atoms with E-state index in [1.807, 2.05) is 26.0 Å². The highest BCUT2D eigenvalue weighted by atomic mass is 16.6. The van der Waals surface area contributed by atoms with Gasteiger partial charge >= 0.3 is 5.97 Å². The first-order valence-corrected chi connectivity index (χ1v) is 8.27. The van der Waals surface area contributed by atoms with E-state index in [1.165, 1.54) is 0 Å². The van der Waals surface area contributed by atoms with Crippen molar-refractivity contribution >= 4 is 11.5 Å². The number of carbonyl (C=O) groups is 1. The molecule has 0 aromatic heterocycles. The van der Waals surface area contributed by atoms with Crippen LogP contribution in [0.5, 0.6) is 5.75 Å². The second-order valence-corrected chi connectivity index (χ2v) is 6.70. The van der Waals surface area contributed by atoms with Crippen LogP contribution in [0.25, 0.3) is 5.57 Å². The maximum Gasteiger partial charge on any atom is 0.343 e. The number of carbonyl (C=O) groups excluding carboxylic acids is 1. The summed E-state index contributed by atoms with van der Waals surface area (Å²) in [6, 6.07) is 3.83. The number of esters is 1. The molecule has 0 amide bonds. The highest BCUT2D eigenvalue weighted by molar-refractivity contribution is 6.20. The predicted molar refractivity (Wildman–Crippen MR) is 90.1 cm³/mol. The van der Waals surface area contributed by atoms with Gasteiger partial charge in [-0.1, -0.05) is 6.07 Å². The van der Waals surface area contributed by atoms with E-state index >= 15 is 0 Å². The van der Waals surface area contributed by atoms with Crippen LogP contribution in [-0.2, 0) is 14.3 Å². The Hall–Kier alpha value is -2.01. The van der Waals surface area contributed by atoms with Gasteiger partial charge in [-0.3, -0.25) is 0 Å². The van der Waals surface area contributed by atoms with Crippen LogP contribution in [0.3, 0.4) is 0 Å². The monoisotopic (exact) mass is 332 g/mol. The molecule has 1 heterocycles. The van der Waals surface area contributed by atoms with Gasteiger partial charge in [-0.05, 0) is 56.7 Å². The standard InChI is InChI=1S/C19H24O5/c1-11-9-12(2)15(14(10-11)23-4)16-17(20)19(24-18(16)21)7-5-13(22-3)6-8-19/h9-10,13,20H,5-8H2,1-4H3. The summed E-state index contributed by atoms with van der Waals surface area (Å²) in [6.07, 6.45) is 2.80. The van der Waals surface area contributed by atoms with Crippen LogP contribution < -0.4 is 4.74 Å². The third kappa shape index (κ3) is 2.57. The Morgan fingerprint density at radius 1 is 1.21 bits per heavy atom. The van der Waals surface area contributed by atoms with Gasteiger partial charge in [0.15, 0.2) is 11.4 Å². The number of ether oxygens (including phenoxy) is 3. The fourth-order valence-electron chi connectivity index (χ4n) is 3.86. The lowest BCUT2D eigenvalue weighted by atomic mass is 9.81. The number of hydrogen-bond acceptors (Lipinski definition) is 5. The number of aliphatic hydroxyl groups is 1. The number of methoxy groups -OCH3 is 2. The molecule has 0 unspecified atom stereocenters. The fourth-order valence-corrected chi connectivity index (χ4v) is 3.86. The molecule has 5 heteroatoms. The summed E-state index contributed by atoms with van der Waals surface area (Å²) in [5, 5.41) is 10.9. The van der Waals surface area contributed by atoms with Gasteiger partial charge < -0.3 is 19.3 Å². The fraction of sp³-hybridized carbons (Fsp3) is 0.526. The zero-order chi connectivity index (χ0) is 17.5. The Morgan fingerprint density at radius 3 is 2.46 bits per heavy atom. The minimum Gasteiger partial charge on any atom is -0.507 e. The van der Waals surface area contributed by atoms with Gasteiger partial charge in [-0.25, -0.2) is 4.79 Å². The molecule has 3 rings (SSSR count). The topological polar surface area (TPSA) is 65.0 Å². The summed E-state index contributed by atoms with van der Waals surface area (Å²) in [5.74, 6) is 0.134. The molecule has 2 aliphatic rings. The van der Waals surface area contributed by atoms with E-state index in [4.69, 9.17) is 14.2 Å². The molecule has 1 saturated carbocycles. The Bertz CT molecular complexity index is 696. The highest BCUT2D eigenvalue weighted by Gasteiger charge is 2.51. The summed E-state index contributed by atoms with van der Waals surface area (Å²) < 4.78 is 16.5. The van der Waals surface area contributed by atoms with Crippen molar-refractivity contribution in [2.45, 2.75) is 51.2 Å². The molecule has 5 nitrogen and oxygen atoms in total. The van der Waals surface area contributed by atoms with Gasteiger partial charge in [0.2, 0.25) is 0 Å². The lowest BCUT2D eigenvalue weighted by Gasteiger charge is -2.35. The van der Waals surface area contributed by atoms with Gasteiger partial charge in [0.25, 0.3) is 0 Å². The first-order valence-electron chi connectivity index (χ1n) is 8.27. The Kier molecular flexibility index (Phi) is 4.30. The maximum absolute atomic E-state index is 12.6. The van der Waals surface area contributed by atoms with Crippen molar-refractivity contribution in [1.82, 2.24) is 0 Å². The van der Waals surface area contributed by atoms with Gasteiger partial charge in [-0.2, -0.15) is 0 Å². The summed E-state index contributed by atoms with van der Waals surface area (Å²) in [4.78, 5) is 12.6. The van der Waals surface area contributed by atoms with Crippen LogP contribution in [0.1, 0.15) is 42.4 Å². The van der Waals surface area contributed by atoms with Crippen molar-refractivity contribution in [3.05, 3.63) is 34.6 Å². The van der Waals surface area contributed by atoms with E-state index in [0.717, 1.165) is 24.0 Å². The molecule has 1 spiro atoms. The molecule has 1 aliphatic heterocycles. The molecule has 1 fully saturated rings. The third-order valence-electron chi connectivity index (χ3n) is 5.15. The molecule has 0 bridgehead atoms. The second kappa shape index (κ2) is 6.13. The van der Waals surface area contributed by atoms with E-state index < -0.39 is 11.6 Å². The third-order valence-corrected chi connectivity index (χ3v) is 5.15. The molecule has 0 atom stereocenters.